The summed E-state index contributed by atoms with van der Waals surface area (Å²) in [7, 11) is 0. The average Bonchev–Trinajstić information content (AvgIpc) is 1.72. The quantitative estimate of drug-likeness (QED) is 0.0900. The predicted octanol–water partition coefficient (Wildman–Crippen LogP) is 35.9. The first-order valence-corrected chi connectivity index (χ1v) is 45.2. The normalized spacial score (nSPS) is 11.2. The molecule has 3 nitrogen and oxygen atoms in total. The van der Waals surface area contributed by atoms with Crippen LogP contribution in [-0.2, 0) is 0 Å². The number of para-hydroxylation sites is 3. The Kier molecular flexibility index (Phi) is 21.9. The van der Waals surface area contributed by atoms with E-state index in [1.807, 2.05) is 34.0 Å². The summed E-state index contributed by atoms with van der Waals surface area (Å²) in [5.74, 6) is 0. The molecule has 0 aliphatic heterocycles. The van der Waals surface area contributed by atoms with Crippen molar-refractivity contribution in [3.05, 3.63) is 504 Å². The second-order valence-electron chi connectivity index (χ2n) is 31.5. The molecule has 0 atom stereocenters. The molecule has 3 aromatic heterocycles. The van der Waals surface area contributed by atoms with Crippen LogP contribution >= 0.6 is 34.0 Å². The molecule has 0 bridgehead atoms. The zero-order chi connectivity index (χ0) is 83.9. The number of rotatable bonds is 17. The Bertz CT molecular complexity index is 7670. The van der Waals surface area contributed by atoms with Gasteiger partial charge in [0.1, 0.15) is 0 Å². The molecule has 126 heavy (non-hydrogen) atoms. The highest BCUT2D eigenvalue weighted by Gasteiger charge is 2.19. The molecule has 0 saturated heterocycles. The Balaban J connectivity index is 0.000000116. The number of fused-ring (bicyclic) bond motifs is 9. The monoisotopic (exact) mass is 1660 g/mol. The smallest absolute Gasteiger partial charge is 0.0462 e. The summed E-state index contributed by atoms with van der Waals surface area (Å²) in [6.07, 6.45) is 0. The van der Waals surface area contributed by atoms with Gasteiger partial charge in [0.15, 0.2) is 0 Å². The zero-order valence-corrected chi connectivity index (χ0v) is 71.4. The van der Waals surface area contributed by atoms with Crippen LogP contribution in [-0.4, -0.2) is 0 Å². The van der Waals surface area contributed by atoms with Gasteiger partial charge in [-0.2, -0.15) is 0 Å². The van der Waals surface area contributed by atoms with Gasteiger partial charge in [0, 0.05) is 112 Å². The van der Waals surface area contributed by atoms with E-state index in [2.05, 4.69) is 518 Å². The van der Waals surface area contributed by atoms with E-state index in [1.165, 1.54) is 150 Å². The van der Waals surface area contributed by atoms with E-state index in [-0.39, 0.29) is 0 Å². The minimum absolute atomic E-state index is 1.12. The van der Waals surface area contributed by atoms with Gasteiger partial charge in [-0.1, -0.05) is 352 Å². The molecule has 20 aromatic carbocycles. The maximum absolute atomic E-state index is 2.34. The molecule has 0 saturated carbocycles. The Morgan fingerprint density at radius 3 is 0.524 bits per heavy atom. The van der Waals surface area contributed by atoms with Crippen molar-refractivity contribution in [3.63, 3.8) is 0 Å². The third kappa shape index (κ3) is 16.4. The second-order valence-corrected chi connectivity index (χ2v) is 34.7. The van der Waals surface area contributed by atoms with E-state index in [1.54, 1.807) is 0 Å². The highest BCUT2D eigenvalue weighted by atomic mass is 32.1. The number of anilines is 9. The standard InChI is InChI=1S/2C42H29NS.C36H25NS/c1-3-10-30(11-4-1)31-18-23-37(24-19-31)43(36-14-5-2-6-15-36)38-25-20-32(21-26-38)33-12-9-13-34(28-33)35-22-27-40-39-16-7-8-17-41(39)44-42(40)29-35;1-3-9-30(10-4-1)32-19-24-37(25-20-32)43(36-11-5-2-6-12-36)38-26-21-33(22-27-38)31-15-17-34(18-16-31)35-23-28-40-39-13-7-8-14-41(39)44-42(40)29-35;1-3-9-26(10-4-1)27-15-20-31(21-16-27)37(30-11-5-2-6-12-30)32-22-17-28(18-23-32)29-19-24-34-33-13-7-8-14-35(33)38-36(34)25-29/h2*1-29H;1-25H. The molecular weight excluding hydrogens is 1580 g/mol. The van der Waals surface area contributed by atoms with Crippen LogP contribution in [0.25, 0.3) is 150 Å². The van der Waals surface area contributed by atoms with Gasteiger partial charge >= 0.3 is 0 Å². The Morgan fingerprint density at radius 2 is 0.262 bits per heavy atom. The van der Waals surface area contributed by atoms with Crippen molar-refractivity contribution in [2.45, 2.75) is 0 Å². The van der Waals surface area contributed by atoms with Crippen LogP contribution in [0.5, 0.6) is 0 Å². The average molecular weight is 1660 g/mol. The Labute approximate surface area is 747 Å². The lowest BCUT2D eigenvalue weighted by molar-refractivity contribution is 1.28. The summed E-state index contributed by atoms with van der Waals surface area (Å²) in [4.78, 5) is 6.94. The molecule has 0 radical (unpaired) electrons. The summed E-state index contributed by atoms with van der Waals surface area (Å²) < 4.78 is 8.01. The highest BCUT2D eigenvalue weighted by Crippen LogP contribution is 2.45. The second kappa shape index (κ2) is 35.5. The Hall–Kier alpha value is -15.5. The van der Waals surface area contributed by atoms with Crippen LogP contribution in [0.1, 0.15) is 0 Å². The van der Waals surface area contributed by atoms with Crippen molar-refractivity contribution >= 4 is 146 Å². The summed E-state index contributed by atoms with van der Waals surface area (Å²) >= 11 is 5.60. The number of nitrogens with zero attached hydrogens (tertiary/aromatic N) is 3. The SMILES string of the molecule is c1ccc(-c2ccc(N(c3ccccc3)c3ccc(-c4ccc(-c5ccc6c(c5)sc5ccccc56)cc4)cc3)cc2)cc1.c1ccc(-c2ccc(N(c3ccccc3)c3ccc(-c4ccc5c(c4)sc4ccccc45)cc3)cc2)cc1.c1ccc(-c2ccc(N(c3ccccc3)c3ccc(-c4cccc(-c5ccc6c(c5)sc5ccccc56)c4)cc3)cc2)cc1. The Morgan fingerprint density at radius 1 is 0.103 bits per heavy atom. The molecule has 0 spiro atoms. The first kappa shape index (κ1) is 77.8. The maximum atomic E-state index is 2.34. The van der Waals surface area contributed by atoms with Crippen molar-refractivity contribution in [2.24, 2.45) is 0 Å². The van der Waals surface area contributed by atoms with E-state index in [9.17, 15) is 0 Å². The number of hydrogen-bond donors (Lipinski definition) is 0. The van der Waals surface area contributed by atoms with Crippen LogP contribution in [0.2, 0.25) is 0 Å². The van der Waals surface area contributed by atoms with Gasteiger partial charge in [-0.3, -0.25) is 0 Å². The molecular formula is C120H83N3S3. The van der Waals surface area contributed by atoms with Crippen molar-refractivity contribution in [1.82, 2.24) is 0 Å². The van der Waals surface area contributed by atoms with Crippen molar-refractivity contribution in [1.29, 1.82) is 0 Å². The van der Waals surface area contributed by atoms with Crippen LogP contribution in [0, 0.1) is 0 Å². The summed E-state index contributed by atoms with van der Waals surface area (Å²) in [5, 5.41) is 8.02. The third-order valence-corrected chi connectivity index (χ3v) is 27.1. The van der Waals surface area contributed by atoms with Crippen LogP contribution in [0.3, 0.4) is 0 Å². The van der Waals surface area contributed by atoms with Gasteiger partial charge in [0.25, 0.3) is 0 Å². The lowest BCUT2D eigenvalue weighted by Crippen LogP contribution is -2.09. The molecule has 6 heteroatoms. The van der Waals surface area contributed by atoms with E-state index in [0.717, 1.165) is 51.2 Å². The molecule has 0 unspecified atom stereocenters. The van der Waals surface area contributed by atoms with Gasteiger partial charge < -0.3 is 14.7 Å². The molecule has 0 fully saturated rings. The topological polar surface area (TPSA) is 9.72 Å². The molecule has 0 amide bonds. The third-order valence-electron chi connectivity index (χ3n) is 23.7. The molecule has 3 heterocycles. The molecule has 23 aromatic rings. The van der Waals surface area contributed by atoms with Crippen LogP contribution in [0.4, 0.5) is 51.2 Å². The number of thiophene rings is 3. The zero-order valence-electron chi connectivity index (χ0n) is 69.0. The largest absolute Gasteiger partial charge is 0.311 e. The minimum atomic E-state index is 1.12. The fourth-order valence-electron chi connectivity index (χ4n) is 17.2. The summed E-state index contributed by atoms with van der Waals surface area (Å²) in [5.41, 5.74) is 29.7. The molecule has 0 aliphatic rings. The van der Waals surface area contributed by atoms with E-state index in [0.29, 0.717) is 0 Å². The molecule has 596 valence electrons. The lowest BCUT2D eigenvalue weighted by Gasteiger charge is -2.26. The van der Waals surface area contributed by atoms with Gasteiger partial charge in [-0.25, -0.2) is 0 Å². The van der Waals surface area contributed by atoms with Crippen LogP contribution < -0.4 is 14.7 Å². The fraction of sp³-hybridized carbons (Fsp3) is 0. The molecule has 23 rings (SSSR count). The maximum Gasteiger partial charge on any atom is 0.0462 e. The van der Waals surface area contributed by atoms with Crippen LogP contribution in [0.15, 0.2) is 504 Å². The highest BCUT2D eigenvalue weighted by molar-refractivity contribution is 7.26. The first-order valence-electron chi connectivity index (χ1n) is 42.7. The molecule has 0 aliphatic carbocycles. The van der Waals surface area contributed by atoms with E-state index < -0.39 is 0 Å². The van der Waals surface area contributed by atoms with Crippen molar-refractivity contribution in [2.75, 3.05) is 14.7 Å². The number of benzene rings is 20. The van der Waals surface area contributed by atoms with Crippen molar-refractivity contribution < 1.29 is 0 Å². The summed E-state index contributed by atoms with van der Waals surface area (Å²) in [6.45, 7) is 0. The lowest BCUT2D eigenvalue weighted by atomic mass is 9.98. The van der Waals surface area contributed by atoms with E-state index >= 15 is 0 Å². The minimum Gasteiger partial charge on any atom is -0.311 e. The van der Waals surface area contributed by atoms with E-state index in [4.69, 9.17) is 0 Å². The fourth-order valence-corrected chi connectivity index (χ4v) is 20.7. The van der Waals surface area contributed by atoms with Crippen molar-refractivity contribution in [3.8, 4) is 89.0 Å². The number of hydrogen-bond acceptors (Lipinski definition) is 6. The first-order chi connectivity index (χ1) is 62.4. The summed E-state index contributed by atoms with van der Waals surface area (Å²) in [6, 6.07) is 181. The van der Waals surface area contributed by atoms with Gasteiger partial charge in [-0.15, -0.1) is 34.0 Å². The van der Waals surface area contributed by atoms with Gasteiger partial charge in [0.05, 0.1) is 0 Å². The predicted molar refractivity (Wildman–Crippen MR) is 546 cm³/mol. The van der Waals surface area contributed by atoms with Gasteiger partial charge in [-0.05, 0) is 241 Å². The van der Waals surface area contributed by atoms with Gasteiger partial charge in [0.2, 0.25) is 0 Å². The molecule has 0 N–H and O–H groups in total.